The lowest BCUT2D eigenvalue weighted by molar-refractivity contribution is -0.870. The fourth-order valence-electron chi connectivity index (χ4n) is 2.86. The Morgan fingerprint density at radius 3 is 1.59 bits per heavy atom. The smallest absolute Gasteiger partial charge is 0.161 e. The number of phenolic OH excluding ortho intramolecular Hbond substituents is 2. The van der Waals surface area contributed by atoms with E-state index in [1.54, 1.807) is 18.2 Å². The summed E-state index contributed by atoms with van der Waals surface area (Å²) in [6.45, 7) is 4.14. The number of ether oxygens (including phenoxy) is 2. The van der Waals surface area contributed by atoms with Crippen LogP contribution in [0.25, 0.3) is 0 Å². The van der Waals surface area contributed by atoms with E-state index in [9.17, 15) is 10.2 Å². The number of aromatic hydroxyl groups is 2. The highest BCUT2D eigenvalue weighted by molar-refractivity contribution is 5.42. The number of rotatable bonds is 12. The summed E-state index contributed by atoms with van der Waals surface area (Å²) in [6, 6.07) is 10.8. The molecule has 0 aliphatic rings. The minimum atomic E-state index is 0.187. The number of hydrogen-bond donors (Lipinski definition) is 4. The van der Waals surface area contributed by atoms with Crippen molar-refractivity contribution in [3.05, 3.63) is 47.5 Å². The Morgan fingerprint density at radius 2 is 1.12 bits per heavy atom. The zero-order valence-corrected chi connectivity index (χ0v) is 21.9. The number of nitrogens with zero attached hydrogens (tertiary/aromatic N) is 2. The van der Waals surface area contributed by atoms with Crippen molar-refractivity contribution < 1.29 is 28.7 Å². The lowest BCUT2D eigenvalue weighted by Crippen LogP contribution is -2.38. The molecule has 2 aromatic rings. The van der Waals surface area contributed by atoms with E-state index in [2.05, 4.69) is 42.3 Å². The Kier molecular flexibility index (Phi) is 12.2. The number of benzene rings is 2. The lowest BCUT2D eigenvalue weighted by Gasteiger charge is -2.23. The average molecular weight is 479 g/mol. The highest BCUT2D eigenvalue weighted by atomic mass is 16.5. The van der Waals surface area contributed by atoms with Crippen LogP contribution >= 0.6 is 0 Å². The van der Waals surface area contributed by atoms with Crippen LogP contribution in [0.2, 0.25) is 0 Å². The molecule has 0 bridgehead atoms. The van der Waals surface area contributed by atoms with Gasteiger partial charge in [0.25, 0.3) is 0 Å². The van der Waals surface area contributed by atoms with Gasteiger partial charge in [-0.15, -0.1) is 0 Å². The van der Waals surface area contributed by atoms with E-state index in [4.69, 9.17) is 20.9 Å². The molecule has 0 aromatic heterocycles. The second-order valence-electron chi connectivity index (χ2n) is 10.4. The molecule has 0 amide bonds. The molecule has 0 aliphatic carbocycles. The fourth-order valence-corrected chi connectivity index (χ4v) is 2.86. The second-order valence-corrected chi connectivity index (χ2v) is 10.4. The Labute approximate surface area is 205 Å². The van der Waals surface area contributed by atoms with E-state index in [0.717, 1.165) is 46.0 Å². The first-order valence-corrected chi connectivity index (χ1v) is 11.7. The number of phenols is 2. The molecular weight excluding hydrogens is 432 g/mol. The summed E-state index contributed by atoms with van der Waals surface area (Å²) in [5.41, 5.74) is 13.1. The second kappa shape index (κ2) is 14.0. The minimum Gasteiger partial charge on any atom is -0.504 e. The van der Waals surface area contributed by atoms with Crippen LogP contribution in [0.4, 0.5) is 0 Å². The molecule has 0 atom stereocenters. The largest absolute Gasteiger partial charge is 0.504 e. The summed E-state index contributed by atoms with van der Waals surface area (Å²) in [5, 5.41) is 19.4. The molecule has 0 radical (unpaired) electrons. The summed E-state index contributed by atoms with van der Waals surface area (Å²) in [5.74, 6) is 1.47. The van der Waals surface area contributed by atoms with Crippen LogP contribution in [-0.2, 0) is 12.8 Å². The molecule has 0 saturated carbocycles. The molecule has 8 heteroatoms. The zero-order chi connectivity index (χ0) is 25.8. The van der Waals surface area contributed by atoms with E-state index < -0.39 is 0 Å². The Bertz CT molecular complexity index is 861. The Balaban J connectivity index is 0.000000340. The van der Waals surface area contributed by atoms with Gasteiger partial charge in [-0.05, 0) is 61.3 Å². The van der Waals surface area contributed by atoms with Crippen molar-refractivity contribution in [2.75, 3.05) is 81.7 Å². The van der Waals surface area contributed by atoms with Crippen LogP contribution in [-0.4, -0.2) is 101 Å². The molecule has 0 saturated heterocycles. The summed E-state index contributed by atoms with van der Waals surface area (Å²) in [6.07, 6.45) is 1.57. The van der Waals surface area contributed by atoms with Gasteiger partial charge in [0.2, 0.25) is 0 Å². The van der Waals surface area contributed by atoms with Crippen LogP contribution < -0.4 is 20.9 Å². The standard InChI is InChI=1S/2C13H22N2O2/c1-15(2,3)8-9-17-13-5-4-11(6-7-14)10-12(13)16;1-15(2,3)8-9-17-13-10-11(6-7-14)4-5-12(13)16/h2*4-5,10H,6-9,14H2,1-3H3/p+2. The molecule has 0 fully saturated rings. The van der Waals surface area contributed by atoms with Crippen molar-refractivity contribution in [2.24, 2.45) is 11.5 Å². The molecule has 0 heterocycles. The third-order valence-corrected chi connectivity index (χ3v) is 4.95. The predicted molar refractivity (Wildman–Crippen MR) is 139 cm³/mol. The van der Waals surface area contributed by atoms with Crippen LogP contribution in [0.1, 0.15) is 11.1 Å². The Morgan fingerprint density at radius 1 is 0.647 bits per heavy atom. The van der Waals surface area contributed by atoms with Gasteiger partial charge >= 0.3 is 0 Å². The third kappa shape index (κ3) is 12.6. The summed E-state index contributed by atoms with van der Waals surface area (Å²) < 4.78 is 12.8. The molecule has 6 N–H and O–H groups in total. The van der Waals surface area contributed by atoms with Crippen LogP contribution in [0.3, 0.4) is 0 Å². The van der Waals surface area contributed by atoms with Gasteiger partial charge in [-0.25, -0.2) is 0 Å². The molecule has 0 aliphatic heterocycles. The van der Waals surface area contributed by atoms with E-state index in [1.807, 2.05) is 18.2 Å². The monoisotopic (exact) mass is 478 g/mol. The van der Waals surface area contributed by atoms with Crippen molar-refractivity contribution in [1.82, 2.24) is 0 Å². The molecule has 0 unspecified atom stereocenters. The van der Waals surface area contributed by atoms with Crippen molar-refractivity contribution in [3.8, 4) is 23.0 Å². The highest BCUT2D eigenvalue weighted by Crippen LogP contribution is 2.27. The van der Waals surface area contributed by atoms with Crippen LogP contribution in [0, 0.1) is 0 Å². The first-order valence-electron chi connectivity index (χ1n) is 11.7. The van der Waals surface area contributed by atoms with Crippen molar-refractivity contribution in [2.45, 2.75) is 12.8 Å². The lowest BCUT2D eigenvalue weighted by atomic mass is 10.1. The zero-order valence-electron chi connectivity index (χ0n) is 21.9. The van der Waals surface area contributed by atoms with Crippen LogP contribution in [0.5, 0.6) is 23.0 Å². The SMILES string of the molecule is C[N+](C)(C)CCOc1cc(CCN)ccc1O.C[N+](C)(C)CCOc1ccc(CCN)cc1O. The van der Waals surface area contributed by atoms with Gasteiger partial charge in [0.1, 0.15) is 26.3 Å². The molecule has 34 heavy (non-hydrogen) atoms. The topological polar surface area (TPSA) is 111 Å². The number of nitrogens with two attached hydrogens (primary N) is 2. The Hall–Kier alpha value is -2.52. The van der Waals surface area contributed by atoms with Gasteiger partial charge in [-0.1, -0.05) is 12.1 Å². The maximum Gasteiger partial charge on any atom is 0.161 e. The van der Waals surface area contributed by atoms with Gasteiger partial charge in [0.05, 0.1) is 42.3 Å². The van der Waals surface area contributed by atoms with E-state index in [1.165, 1.54) is 0 Å². The fraction of sp³-hybridized carbons (Fsp3) is 0.538. The van der Waals surface area contributed by atoms with Gasteiger partial charge in [0, 0.05) is 0 Å². The first-order chi connectivity index (χ1) is 15.8. The van der Waals surface area contributed by atoms with Crippen LogP contribution in [0.15, 0.2) is 36.4 Å². The number of hydrogen-bond acceptors (Lipinski definition) is 6. The summed E-state index contributed by atoms with van der Waals surface area (Å²) >= 11 is 0. The quantitative estimate of drug-likeness (QED) is 0.347. The predicted octanol–water partition coefficient (Wildman–Crippen LogP) is 1.96. The van der Waals surface area contributed by atoms with E-state index in [0.29, 0.717) is 37.8 Å². The van der Waals surface area contributed by atoms with Crippen molar-refractivity contribution >= 4 is 0 Å². The van der Waals surface area contributed by atoms with Gasteiger partial charge in [-0.2, -0.15) is 0 Å². The molecule has 0 spiro atoms. The minimum absolute atomic E-state index is 0.187. The summed E-state index contributed by atoms with van der Waals surface area (Å²) in [4.78, 5) is 0. The number of quaternary nitrogens is 2. The average Bonchev–Trinajstić information content (AvgIpc) is 2.71. The van der Waals surface area contributed by atoms with E-state index >= 15 is 0 Å². The normalized spacial score (nSPS) is 11.5. The summed E-state index contributed by atoms with van der Waals surface area (Å²) in [7, 11) is 12.6. The molecule has 2 rings (SSSR count). The van der Waals surface area contributed by atoms with E-state index in [-0.39, 0.29) is 11.5 Å². The van der Waals surface area contributed by atoms with Gasteiger partial charge < -0.3 is 40.1 Å². The van der Waals surface area contributed by atoms with Crippen molar-refractivity contribution in [1.29, 1.82) is 0 Å². The molecule has 2 aromatic carbocycles. The number of likely N-dealkylation sites (N-methyl/N-ethyl adjacent to an activating group) is 2. The van der Waals surface area contributed by atoms with Crippen molar-refractivity contribution in [3.63, 3.8) is 0 Å². The highest BCUT2D eigenvalue weighted by Gasteiger charge is 2.10. The first kappa shape index (κ1) is 29.5. The maximum absolute atomic E-state index is 9.78. The van der Waals surface area contributed by atoms with Gasteiger partial charge in [0.15, 0.2) is 23.0 Å². The maximum atomic E-state index is 9.78. The molecule has 8 nitrogen and oxygen atoms in total. The third-order valence-electron chi connectivity index (χ3n) is 4.95. The molecule has 192 valence electrons. The molecular formula is C26H46N4O4+2. The van der Waals surface area contributed by atoms with Gasteiger partial charge in [-0.3, -0.25) is 0 Å².